The molecule has 0 heterocycles. The van der Waals surface area contributed by atoms with Crippen molar-refractivity contribution in [1.82, 2.24) is 9.44 Å². The molecule has 0 aliphatic carbocycles. The van der Waals surface area contributed by atoms with Crippen LogP contribution in [-0.2, 0) is 0 Å². The first-order valence-corrected chi connectivity index (χ1v) is 6.58. The van der Waals surface area contributed by atoms with Gasteiger partial charge in [-0.15, -0.1) is 0 Å². The van der Waals surface area contributed by atoms with E-state index in [2.05, 4.69) is 36.4 Å². The van der Waals surface area contributed by atoms with Gasteiger partial charge in [0.15, 0.2) is 0 Å². The van der Waals surface area contributed by atoms with Gasteiger partial charge in [0.05, 0.1) is 0 Å². The van der Waals surface area contributed by atoms with E-state index in [1.807, 2.05) is 10.8 Å². The third-order valence-electron chi connectivity index (χ3n) is 1.71. The van der Waals surface area contributed by atoms with Crippen LogP contribution in [0.1, 0.15) is 26.7 Å². The normalized spacial score (nSPS) is 12.5. The van der Waals surface area contributed by atoms with E-state index < -0.39 is 10.4 Å². The van der Waals surface area contributed by atoms with Gasteiger partial charge in [0.2, 0.25) is 0 Å². The molecule has 78 valence electrons. The Kier molecular flexibility index (Phi) is 7.04. The maximum Gasteiger partial charge on any atom is 0.00577 e. The molecule has 0 aromatic heterocycles. The van der Waals surface area contributed by atoms with Gasteiger partial charge < -0.3 is 0 Å². The molecule has 3 heteroatoms. The lowest BCUT2D eigenvalue weighted by Crippen LogP contribution is -2.30. The lowest BCUT2D eigenvalue weighted by atomic mass is 10.5. The van der Waals surface area contributed by atoms with E-state index in [0.29, 0.717) is 0 Å². The Morgan fingerprint density at radius 3 is 1.62 bits per heavy atom. The van der Waals surface area contributed by atoms with Crippen molar-refractivity contribution < 1.29 is 0 Å². The molecule has 0 amide bonds. The zero-order valence-corrected chi connectivity index (χ0v) is 9.62. The standard InChI is InChI=1S/C10H22N2S/c1-5-9-11-13(7-3,8-4)12-10-6-2/h7-8,11-12H,3-6,9-10H2,1-2H3. The third kappa shape index (κ3) is 4.50. The second-order valence-corrected chi connectivity index (χ2v) is 5.49. The monoisotopic (exact) mass is 202 g/mol. The summed E-state index contributed by atoms with van der Waals surface area (Å²) in [6.45, 7) is 14.0. The fraction of sp³-hybridized carbons (Fsp3) is 0.600. The summed E-state index contributed by atoms with van der Waals surface area (Å²) in [6, 6.07) is 0. The average molecular weight is 202 g/mol. The number of rotatable bonds is 8. The van der Waals surface area contributed by atoms with E-state index in [4.69, 9.17) is 0 Å². The molecular weight excluding hydrogens is 180 g/mol. The molecule has 2 N–H and O–H groups in total. The lowest BCUT2D eigenvalue weighted by molar-refractivity contribution is 0.831. The smallest absolute Gasteiger partial charge is 0.00577 e. The first kappa shape index (κ1) is 12.8. The Hall–Kier alpha value is -0.250. The van der Waals surface area contributed by atoms with Crippen LogP contribution in [0.25, 0.3) is 0 Å². The lowest BCUT2D eigenvalue weighted by Gasteiger charge is -2.35. The molecule has 0 aliphatic rings. The summed E-state index contributed by atoms with van der Waals surface area (Å²) in [5, 5.41) is 3.90. The van der Waals surface area contributed by atoms with Crippen molar-refractivity contribution >= 4 is 10.4 Å². The molecule has 0 saturated heterocycles. The summed E-state index contributed by atoms with van der Waals surface area (Å²) in [7, 11) is -1.17. The Labute approximate surface area is 84.1 Å². The Morgan fingerprint density at radius 2 is 1.38 bits per heavy atom. The predicted octanol–water partition coefficient (Wildman–Crippen LogP) is 2.91. The summed E-state index contributed by atoms with van der Waals surface area (Å²) in [5.41, 5.74) is 0. The number of hydrogen-bond acceptors (Lipinski definition) is 2. The van der Waals surface area contributed by atoms with Crippen molar-refractivity contribution in [3.05, 3.63) is 24.0 Å². The van der Waals surface area contributed by atoms with Crippen molar-refractivity contribution in [2.75, 3.05) is 13.1 Å². The molecule has 0 unspecified atom stereocenters. The molecule has 0 rings (SSSR count). The van der Waals surface area contributed by atoms with Crippen molar-refractivity contribution in [2.24, 2.45) is 0 Å². The average Bonchev–Trinajstić information content (AvgIpc) is 2.20. The van der Waals surface area contributed by atoms with Gasteiger partial charge in [-0.1, -0.05) is 37.4 Å². The highest BCUT2D eigenvalue weighted by molar-refractivity contribution is 8.35. The molecular formula is C10H22N2S. The SMILES string of the molecule is C=CS(C=C)(NCCC)NCCC. The molecule has 0 aromatic rings. The first-order valence-electron chi connectivity index (χ1n) is 4.82. The molecule has 2 nitrogen and oxygen atoms in total. The molecule has 0 bridgehead atoms. The van der Waals surface area contributed by atoms with Crippen molar-refractivity contribution in [3.8, 4) is 0 Å². The van der Waals surface area contributed by atoms with Gasteiger partial charge in [-0.3, -0.25) is 9.44 Å². The summed E-state index contributed by atoms with van der Waals surface area (Å²) < 4.78 is 6.91. The number of nitrogens with one attached hydrogen (secondary N) is 2. The topological polar surface area (TPSA) is 24.1 Å². The van der Waals surface area contributed by atoms with Crippen LogP contribution in [-0.4, -0.2) is 13.1 Å². The highest BCUT2D eigenvalue weighted by Gasteiger charge is 2.12. The minimum Gasteiger partial charge on any atom is -0.263 e. The minimum atomic E-state index is -1.17. The van der Waals surface area contributed by atoms with E-state index in [1.165, 1.54) is 0 Å². The van der Waals surface area contributed by atoms with Gasteiger partial charge in [-0.05, 0) is 23.7 Å². The highest BCUT2D eigenvalue weighted by atomic mass is 32.3. The molecule has 13 heavy (non-hydrogen) atoms. The van der Waals surface area contributed by atoms with Gasteiger partial charge in [0.1, 0.15) is 0 Å². The van der Waals surface area contributed by atoms with Crippen LogP contribution in [0, 0.1) is 0 Å². The van der Waals surface area contributed by atoms with E-state index in [0.717, 1.165) is 25.9 Å². The van der Waals surface area contributed by atoms with Gasteiger partial charge >= 0.3 is 0 Å². The van der Waals surface area contributed by atoms with Crippen LogP contribution in [0.3, 0.4) is 0 Å². The summed E-state index contributed by atoms with van der Waals surface area (Å²) in [5.74, 6) is 0. The summed E-state index contributed by atoms with van der Waals surface area (Å²) in [6.07, 6.45) is 2.26. The minimum absolute atomic E-state index is 1.00. The van der Waals surface area contributed by atoms with Crippen LogP contribution in [0.15, 0.2) is 24.0 Å². The van der Waals surface area contributed by atoms with Crippen LogP contribution < -0.4 is 9.44 Å². The van der Waals surface area contributed by atoms with Crippen LogP contribution in [0.5, 0.6) is 0 Å². The molecule has 0 saturated carbocycles. The van der Waals surface area contributed by atoms with E-state index in [1.54, 1.807) is 0 Å². The maximum atomic E-state index is 3.85. The molecule has 0 fully saturated rings. The Balaban J connectivity index is 4.13. The number of hydrogen-bond donors (Lipinski definition) is 2. The Morgan fingerprint density at radius 1 is 1.00 bits per heavy atom. The molecule has 0 spiro atoms. The zero-order valence-electron chi connectivity index (χ0n) is 8.81. The van der Waals surface area contributed by atoms with Crippen LogP contribution >= 0.6 is 10.4 Å². The van der Waals surface area contributed by atoms with Crippen LogP contribution in [0.4, 0.5) is 0 Å². The fourth-order valence-corrected chi connectivity index (χ4v) is 2.69. The fourth-order valence-electron chi connectivity index (χ4n) is 0.897. The first-order chi connectivity index (χ1) is 6.24. The van der Waals surface area contributed by atoms with Crippen molar-refractivity contribution in [3.63, 3.8) is 0 Å². The van der Waals surface area contributed by atoms with E-state index >= 15 is 0 Å². The Bertz CT molecular complexity index is 139. The molecule has 0 atom stereocenters. The third-order valence-corrected chi connectivity index (χ3v) is 4.12. The quantitative estimate of drug-likeness (QED) is 0.632. The van der Waals surface area contributed by atoms with Gasteiger partial charge in [0.25, 0.3) is 0 Å². The predicted molar refractivity (Wildman–Crippen MR) is 64.6 cm³/mol. The van der Waals surface area contributed by atoms with Gasteiger partial charge in [-0.2, -0.15) is 0 Å². The molecule has 0 aliphatic heterocycles. The second-order valence-electron chi connectivity index (χ2n) is 2.83. The van der Waals surface area contributed by atoms with E-state index in [9.17, 15) is 0 Å². The van der Waals surface area contributed by atoms with Gasteiger partial charge in [-0.25, -0.2) is 0 Å². The largest absolute Gasteiger partial charge is 0.263 e. The van der Waals surface area contributed by atoms with Gasteiger partial charge in [0, 0.05) is 13.1 Å². The molecule has 0 aromatic carbocycles. The summed E-state index contributed by atoms with van der Waals surface area (Å²) in [4.78, 5) is 0. The van der Waals surface area contributed by atoms with Crippen molar-refractivity contribution in [1.29, 1.82) is 0 Å². The molecule has 0 radical (unpaired) electrons. The zero-order chi connectivity index (χ0) is 10.2. The summed E-state index contributed by atoms with van der Waals surface area (Å²) >= 11 is 0. The maximum absolute atomic E-state index is 3.85. The highest BCUT2D eigenvalue weighted by Crippen LogP contribution is 2.40. The second kappa shape index (κ2) is 7.18. The van der Waals surface area contributed by atoms with E-state index in [-0.39, 0.29) is 0 Å². The van der Waals surface area contributed by atoms with Crippen LogP contribution in [0.2, 0.25) is 0 Å². The van der Waals surface area contributed by atoms with Crippen molar-refractivity contribution in [2.45, 2.75) is 26.7 Å².